The van der Waals surface area contributed by atoms with Crippen molar-refractivity contribution in [2.45, 2.75) is 0 Å². The lowest BCUT2D eigenvalue weighted by atomic mass is 9.90. The number of carbonyl (C=O) groups is 1. The van der Waals surface area contributed by atoms with Crippen molar-refractivity contribution in [3.63, 3.8) is 0 Å². The van der Waals surface area contributed by atoms with Gasteiger partial charge in [-0.25, -0.2) is 0 Å². The highest BCUT2D eigenvalue weighted by atomic mass is 16.5. The molecular formula is C5H12BNO2+. The van der Waals surface area contributed by atoms with Crippen LogP contribution in [0.4, 0.5) is 4.79 Å². The average molecular weight is 129 g/mol. The molecule has 0 aromatic rings. The van der Waals surface area contributed by atoms with Gasteiger partial charge in [-0.05, 0) is 0 Å². The van der Waals surface area contributed by atoms with Gasteiger partial charge in [0.05, 0.1) is 7.11 Å². The van der Waals surface area contributed by atoms with Crippen LogP contribution in [0, 0.1) is 0 Å². The van der Waals surface area contributed by atoms with E-state index < -0.39 is 0 Å². The van der Waals surface area contributed by atoms with E-state index in [1.54, 1.807) is 0 Å². The highest BCUT2D eigenvalue weighted by molar-refractivity contribution is 6.66. The molecule has 0 atom stereocenters. The minimum atomic E-state index is -0.289. The van der Waals surface area contributed by atoms with Crippen LogP contribution >= 0.6 is 0 Å². The van der Waals surface area contributed by atoms with Gasteiger partial charge in [-0.2, -0.15) is 0 Å². The van der Waals surface area contributed by atoms with Crippen molar-refractivity contribution in [2.75, 3.05) is 28.3 Å². The molecule has 0 amide bonds. The first-order valence-electron chi connectivity index (χ1n) is 2.71. The summed E-state index contributed by atoms with van der Waals surface area (Å²) in [7, 11) is 8.51. The van der Waals surface area contributed by atoms with Crippen molar-refractivity contribution in [3.8, 4) is 0 Å². The van der Waals surface area contributed by atoms with Crippen LogP contribution in [0.15, 0.2) is 0 Å². The maximum absolute atomic E-state index is 10.5. The Morgan fingerprint density at radius 1 is 1.44 bits per heavy atom. The maximum Gasteiger partial charge on any atom is 0.578 e. The van der Waals surface area contributed by atoms with Gasteiger partial charge >= 0.3 is 13.3 Å². The maximum atomic E-state index is 10.5. The quantitative estimate of drug-likeness (QED) is 0.493. The lowest BCUT2D eigenvalue weighted by Gasteiger charge is -2.20. The number of hydrogen-bond donors (Lipinski definition) is 0. The van der Waals surface area contributed by atoms with Gasteiger partial charge in [0, 0.05) is 21.1 Å². The van der Waals surface area contributed by atoms with Crippen LogP contribution in [0.2, 0.25) is 0 Å². The molecule has 0 aromatic carbocycles. The Morgan fingerprint density at radius 2 is 1.89 bits per heavy atom. The zero-order valence-electron chi connectivity index (χ0n) is 6.34. The first-order chi connectivity index (χ1) is 3.95. The number of ether oxygens (including phenoxy) is 1. The average Bonchev–Trinajstić information content (AvgIpc) is 1.62. The fourth-order valence-electron chi connectivity index (χ4n) is 0.369. The van der Waals surface area contributed by atoms with Crippen molar-refractivity contribution in [3.05, 3.63) is 0 Å². The van der Waals surface area contributed by atoms with Crippen LogP contribution < -0.4 is 0 Å². The predicted octanol–water partition coefficient (Wildman–Crippen LogP) is 0.0782. The van der Waals surface area contributed by atoms with E-state index in [-0.39, 0.29) is 5.87 Å². The van der Waals surface area contributed by atoms with Crippen molar-refractivity contribution in [2.24, 2.45) is 0 Å². The normalized spacial score (nSPS) is 10.7. The minimum Gasteiger partial charge on any atom is -0.471 e. The van der Waals surface area contributed by atoms with Crippen LogP contribution in [0.5, 0.6) is 0 Å². The minimum absolute atomic E-state index is 0.289. The van der Waals surface area contributed by atoms with Crippen LogP contribution in [-0.4, -0.2) is 45.9 Å². The van der Waals surface area contributed by atoms with E-state index in [1.807, 2.05) is 21.1 Å². The highest BCUT2D eigenvalue weighted by Gasteiger charge is 2.22. The third-order valence-electron chi connectivity index (χ3n) is 0.694. The number of carbonyl (C=O) groups excluding carboxylic acids is 1. The van der Waals surface area contributed by atoms with Gasteiger partial charge in [-0.1, -0.05) is 0 Å². The molecule has 0 saturated heterocycles. The lowest BCUT2D eigenvalue weighted by Crippen LogP contribution is -2.42. The Morgan fingerprint density at radius 3 is 2.00 bits per heavy atom. The van der Waals surface area contributed by atoms with Gasteiger partial charge in [0.1, 0.15) is 0 Å². The molecule has 0 N–H and O–H groups in total. The Kier molecular flexibility index (Phi) is 2.71. The molecule has 0 spiro atoms. The van der Waals surface area contributed by atoms with Crippen LogP contribution in [0.3, 0.4) is 0 Å². The lowest BCUT2D eigenvalue weighted by molar-refractivity contribution is -0.753. The molecule has 0 unspecified atom stereocenters. The summed E-state index contributed by atoms with van der Waals surface area (Å²) in [5.41, 5.74) is 0. The Hall–Kier alpha value is -0.505. The molecular weight excluding hydrogens is 117 g/mol. The summed E-state index contributed by atoms with van der Waals surface area (Å²) in [6.07, 6.45) is 0. The Labute approximate surface area is 56.5 Å². The second kappa shape index (κ2) is 2.87. The summed E-state index contributed by atoms with van der Waals surface area (Å²) in [6.45, 7) is 0. The van der Waals surface area contributed by atoms with E-state index in [0.717, 1.165) is 0 Å². The Bertz CT molecular complexity index is 108. The number of quaternary nitrogens is 1. The zero-order chi connectivity index (χ0) is 7.49. The van der Waals surface area contributed by atoms with Crippen LogP contribution in [0.1, 0.15) is 0 Å². The molecule has 0 saturated carbocycles. The summed E-state index contributed by atoms with van der Waals surface area (Å²) < 4.78 is 4.91. The molecule has 9 heavy (non-hydrogen) atoms. The molecule has 0 rings (SSSR count). The molecule has 1 radical (unpaired) electrons. The molecule has 0 aromatic heterocycles. The second-order valence-corrected chi connectivity index (χ2v) is 2.77. The monoisotopic (exact) mass is 129 g/mol. The molecule has 0 aliphatic heterocycles. The van der Waals surface area contributed by atoms with E-state index in [0.29, 0.717) is 4.39 Å². The standard InChI is InChI=1S/C5H12BNO2/c1-7(2,3)6-5(8)9-4/h1-4H3/q+1. The summed E-state index contributed by atoms with van der Waals surface area (Å²) in [5.74, 6) is -0.289. The fourth-order valence-corrected chi connectivity index (χ4v) is 0.369. The van der Waals surface area contributed by atoms with Gasteiger partial charge in [-0.3, -0.25) is 4.79 Å². The van der Waals surface area contributed by atoms with E-state index in [1.165, 1.54) is 14.5 Å². The van der Waals surface area contributed by atoms with Gasteiger partial charge in [0.15, 0.2) is 0 Å². The van der Waals surface area contributed by atoms with E-state index in [4.69, 9.17) is 0 Å². The molecule has 4 heteroatoms. The summed E-state index contributed by atoms with van der Waals surface area (Å²) in [4.78, 5) is 10.5. The zero-order valence-corrected chi connectivity index (χ0v) is 6.34. The molecule has 0 fully saturated rings. The molecule has 51 valence electrons. The number of methoxy groups -OCH3 is 1. The SMILES string of the molecule is COC(=O)[B][N+](C)(C)C. The number of rotatable bonds is 2. The number of nitrogens with zero attached hydrogens (tertiary/aromatic N) is 1. The Balaban J connectivity index is 3.60. The molecule has 0 aliphatic carbocycles. The van der Waals surface area contributed by atoms with Crippen LogP contribution in [-0.2, 0) is 4.74 Å². The van der Waals surface area contributed by atoms with E-state index in [2.05, 4.69) is 4.74 Å². The van der Waals surface area contributed by atoms with Gasteiger partial charge in [-0.15, -0.1) is 0 Å². The van der Waals surface area contributed by atoms with Crippen molar-refractivity contribution < 1.29 is 13.9 Å². The fraction of sp³-hybridized carbons (Fsp3) is 0.800. The molecule has 0 bridgehead atoms. The third-order valence-corrected chi connectivity index (χ3v) is 0.694. The second-order valence-electron chi connectivity index (χ2n) is 2.77. The molecule has 0 aliphatic rings. The molecule has 0 heterocycles. The van der Waals surface area contributed by atoms with Gasteiger partial charge in [0.25, 0.3) is 0 Å². The smallest absolute Gasteiger partial charge is 0.471 e. The van der Waals surface area contributed by atoms with Crippen molar-refractivity contribution >= 4 is 13.3 Å². The van der Waals surface area contributed by atoms with Crippen molar-refractivity contribution in [1.82, 2.24) is 0 Å². The highest BCUT2D eigenvalue weighted by Crippen LogP contribution is 1.87. The summed E-state index contributed by atoms with van der Waals surface area (Å²) in [5, 5.41) is 0. The van der Waals surface area contributed by atoms with E-state index >= 15 is 0 Å². The third kappa shape index (κ3) is 5.36. The summed E-state index contributed by atoms with van der Waals surface area (Å²) >= 11 is 0. The van der Waals surface area contributed by atoms with Crippen molar-refractivity contribution in [1.29, 1.82) is 0 Å². The first-order valence-corrected chi connectivity index (χ1v) is 2.71. The van der Waals surface area contributed by atoms with Gasteiger partial charge in [0.2, 0.25) is 0 Å². The largest absolute Gasteiger partial charge is 0.578 e. The van der Waals surface area contributed by atoms with E-state index in [9.17, 15) is 4.79 Å². The van der Waals surface area contributed by atoms with Crippen LogP contribution in [0.25, 0.3) is 0 Å². The summed E-state index contributed by atoms with van der Waals surface area (Å²) in [6, 6.07) is 0. The molecule has 3 nitrogen and oxygen atoms in total. The topological polar surface area (TPSA) is 26.3 Å². The number of hydrogen-bond acceptors (Lipinski definition) is 2. The van der Waals surface area contributed by atoms with Gasteiger partial charge < -0.3 is 9.13 Å². The predicted molar refractivity (Wildman–Crippen MR) is 36.2 cm³/mol. The first kappa shape index (κ1) is 8.49.